The molecule has 2 rings (SSSR count). The molecule has 0 amide bonds. The normalized spacial score (nSPS) is 11.0. The van der Waals surface area contributed by atoms with E-state index in [0.717, 1.165) is 13.2 Å². The largest absolute Gasteiger partial charge is 0.468 e. The minimum Gasteiger partial charge on any atom is -0.468 e. The van der Waals surface area contributed by atoms with Crippen LogP contribution in [0.15, 0.2) is 30.6 Å². The number of hydrogen-bond acceptors (Lipinski definition) is 5. The number of carbonyl (C=O) groups is 1. The Bertz CT molecular complexity index is 881. The number of esters is 1. The lowest BCUT2D eigenvalue weighted by Gasteiger charge is -2.09. The second-order valence-electron chi connectivity index (χ2n) is 4.97. The first kappa shape index (κ1) is 18.0. The molecular weight excluding hydrogens is 343 g/mol. The number of nitro groups is 1. The minimum absolute atomic E-state index is 0.0301. The molecule has 0 aliphatic rings. The van der Waals surface area contributed by atoms with Crippen molar-refractivity contribution >= 4 is 11.7 Å². The van der Waals surface area contributed by atoms with Crippen LogP contribution >= 0.6 is 0 Å². The molecule has 0 saturated heterocycles. The van der Waals surface area contributed by atoms with E-state index in [4.69, 9.17) is 5.26 Å². The van der Waals surface area contributed by atoms with Crippen molar-refractivity contribution in [2.75, 3.05) is 7.11 Å². The third-order valence-corrected chi connectivity index (χ3v) is 3.31. The van der Waals surface area contributed by atoms with E-state index in [9.17, 15) is 28.1 Å². The lowest BCUT2D eigenvalue weighted by atomic mass is 10.0. The van der Waals surface area contributed by atoms with E-state index < -0.39 is 28.3 Å². The van der Waals surface area contributed by atoms with Gasteiger partial charge in [0.1, 0.15) is 12.6 Å². The summed E-state index contributed by atoms with van der Waals surface area (Å²) in [6.07, 6.45) is -2.28. The molecule has 0 spiro atoms. The number of aromatic nitrogens is 1. The smallest absolute Gasteiger partial charge is 0.416 e. The SMILES string of the molecule is COC(=O)Cn1cc(C#N)c(-c2cc([N+](=O)[O-])cc(C(F)(F)F)c2)c1. The molecule has 1 aromatic carbocycles. The summed E-state index contributed by atoms with van der Waals surface area (Å²) in [4.78, 5) is 21.3. The molecule has 0 bridgehead atoms. The molecule has 0 N–H and O–H groups in total. The minimum atomic E-state index is -4.79. The maximum atomic E-state index is 13.0. The Labute approximate surface area is 139 Å². The van der Waals surface area contributed by atoms with Gasteiger partial charge >= 0.3 is 12.1 Å². The highest BCUT2D eigenvalue weighted by Crippen LogP contribution is 2.36. The van der Waals surface area contributed by atoms with Gasteiger partial charge < -0.3 is 9.30 Å². The van der Waals surface area contributed by atoms with Crippen LogP contribution in [0.1, 0.15) is 11.1 Å². The fourth-order valence-corrected chi connectivity index (χ4v) is 2.17. The molecule has 0 radical (unpaired) electrons. The average molecular weight is 353 g/mol. The lowest BCUT2D eigenvalue weighted by molar-refractivity contribution is -0.385. The third kappa shape index (κ3) is 3.95. The standard InChI is InChI=1S/C15H10F3N3O4/c1-25-14(22)8-20-6-10(5-19)13(7-20)9-2-11(15(16,17)18)4-12(3-9)21(23)24/h2-4,6-7H,8H2,1H3. The zero-order valence-corrected chi connectivity index (χ0v) is 12.7. The van der Waals surface area contributed by atoms with Crippen LogP contribution < -0.4 is 0 Å². The predicted octanol–water partition coefficient (Wildman–Crippen LogP) is 3.13. The van der Waals surface area contributed by atoms with Crippen LogP contribution in [-0.2, 0) is 22.3 Å². The van der Waals surface area contributed by atoms with Gasteiger partial charge in [0.2, 0.25) is 0 Å². The van der Waals surface area contributed by atoms with Gasteiger partial charge in [-0.25, -0.2) is 0 Å². The summed E-state index contributed by atoms with van der Waals surface area (Å²) in [6.45, 7) is -0.258. The molecule has 7 nitrogen and oxygen atoms in total. The highest BCUT2D eigenvalue weighted by molar-refractivity contribution is 5.74. The number of rotatable bonds is 4. The zero-order chi connectivity index (χ0) is 18.8. The lowest BCUT2D eigenvalue weighted by Crippen LogP contribution is -2.09. The van der Waals surface area contributed by atoms with Crippen LogP contribution in [0.2, 0.25) is 0 Å². The van der Waals surface area contributed by atoms with E-state index in [1.165, 1.54) is 17.0 Å². The summed E-state index contributed by atoms with van der Waals surface area (Å²) in [5, 5.41) is 20.1. The first-order valence-corrected chi connectivity index (χ1v) is 6.69. The summed E-state index contributed by atoms with van der Waals surface area (Å²) in [7, 11) is 1.16. The predicted molar refractivity (Wildman–Crippen MR) is 78.3 cm³/mol. The Hall–Kier alpha value is -3.35. The summed E-state index contributed by atoms with van der Waals surface area (Å²) in [5.41, 5.74) is -2.10. The number of nitriles is 1. The number of carbonyl (C=O) groups excluding carboxylic acids is 1. The highest BCUT2D eigenvalue weighted by Gasteiger charge is 2.33. The van der Waals surface area contributed by atoms with E-state index in [1.54, 1.807) is 6.07 Å². The number of nitro benzene ring substituents is 1. The van der Waals surface area contributed by atoms with Crippen LogP contribution in [0.3, 0.4) is 0 Å². The molecule has 0 atom stereocenters. The summed E-state index contributed by atoms with van der Waals surface area (Å²) < 4.78 is 44.7. The fourth-order valence-electron chi connectivity index (χ4n) is 2.17. The van der Waals surface area contributed by atoms with Crippen molar-refractivity contribution in [1.29, 1.82) is 5.26 Å². The van der Waals surface area contributed by atoms with E-state index in [-0.39, 0.29) is 23.2 Å². The van der Waals surface area contributed by atoms with Crippen LogP contribution in [-0.4, -0.2) is 22.6 Å². The Morgan fingerprint density at radius 2 is 2.04 bits per heavy atom. The monoisotopic (exact) mass is 353 g/mol. The van der Waals surface area contributed by atoms with Crippen molar-refractivity contribution in [2.24, 2.45) is 0 Å². The molecule has 0 aliphatic carbocycles. The first-order chi connectivity index (χ1) is 11.7. The van der Waals surface area contributed by atoms with Gasteiger partial charge in [0, 0.05) is 30.1 Å². The first-order valence-electron chi connectivity index (χ1n) is 6.69. The molecule has 25 heavy (non-hydrogen) atoms. The Kier molecular flexibility index (Phi) is 4.78. The van der Waals surface area contributed by atoms with Crippen LogP contribution in [0.5, 0.6) is 0 Å². The summed E-state index contributed by atoms with van der Waals surface area (Å²) in [6, 6.07) is 3.86. The number of ether oxygens (including phenoxy) is 1. The number of non-ortho nitro benzene ring substituents is 1. The second-order valence-corrected chi connectivity index (χ2v) is 4.97. The molecular formula is C15H10F3N3O4. The topological polar surface area (TPSA) is 98.2 Å². The van der Waals surface area contributed by atoms with Crippen molar-refractivity contribution in [1.82, 2.24) is 4.57 Å². The number of nitrogens with zero attached hydrogens (tertiary/aromatic N) is 3. The molecule has 130 valence electrons. The van der Waals surface area contributed by atoms with Gasteiger partial charge in [0.15, 0.2) is 0 Å². The van der Waals surface area contributed by atoms with E-state index in [2.05, 4.69) is 4.74 Å². The van der Waals surface area contributed by atoms with Crippen LogP contribution in [0.4, 0.5) is 18.9 Å². The van der Waals surface area contributed by atoms with Crippen molar-refractivity contribution in [3.63, 3.8) is 0 Å². The number of hydrogen-bond donors (Lipinski definition) is 0. The molecule has 0 saturated carbocycles. The molecule has 1 heterocycles. The van der Waals surface area contributed by atoms with Crippen LogP contribution in [0, 0.1) is 21.4 Å². The number of halogens is 3. The fraction of sp³-hybridized carbons (Fsp3) is 0.200. The van der Waals surface area contributed by atoms with Crippen LogP contribution in [0.25, 0.3) is 11.1 Å². The maximum absolute atomic E-state index is 13.0. The number of methoxy groups -OCH3 is 1. The second kappa shape index (κ2) is 6.64. The van der Waals surface area contributed by atoms with Crippen molar-refractivity contribution in [2.45, 2.75) is 12.7 Å². The molecule has 2 aromatic rings. The van der Waals surface area contributed by atoms with Crippen molar-refractivity contribution in [3.8, 4) is 17.2 Å². The third-order valence-electron chi connectivity index (χ3n) is 3.31. The van der Waals surface area contributed by atoms with Gasteiger partial charge in [0.05, 0.1) is 23.2 Å². The summed E-state index contributed by atoms with van der Waals surface area (Å²) in [5.74, 6) is -0.624. The molecule has 1 aromatic heterocycles. The Morgan fingerprint density at radius 1 is 1.36 bits per heavy atom. The highest BCUT2D eigenvalue weighted by atomic mass is 19.4. The van der Waals surface area contributed by atoms with Crippen molar-refractivity contribution < 1.29 is 27.6 Å². The Morgan fingerprint density at radius 3 is 2.56 bits per heavy atom. The molecule has 0 unspecified atom stereocenters. The van der Waals surface area contributed by atoms with Gasteiger partial charge in [-0.3, -0.25) is 14.9 Å². The molecule has 0 fully saturated rings. The van der Waals surface area contributed by atoms with Gasteiger partial charge in [-0.05, 0) is 11.6 Å². The zero-order valence-electron chi connectivity index (χ0n) is 12.7. The van der Waals surface area contributed by atoms with Crippen molar-refractivity contribution in [3.05, 3.63) is 51.8 Å². The van der Waals surface area contributed by atoms with Gasteiger partial charge in [-0.1, -0.05) is 0 Å². The molecule has 10 heteroatoms. The maximum Gasteiger partial charge on any atom is 0.416 e. The van der Waals surface area contributed by atoms with Gasteiger partial charge in [-0.15, -0.1) is 0 Å². The van der Waals surface area contributed by atoms with Gasteiger partial charge in [-0.2, -0.15) is 18.4 Å². The van der Waals surface area contributed by atoms with E-state index >= 15 is 0 Å². The van der Waals surface area contributed by atoms with Gasteiger partial charge in [0.25, 0.3) is 5.69 Å². The quantitative estimate of drug-likeness (QED) is 0.478. The Balaban J connectivity index is 2.61. The average Bonchev–Trinajstić information content (AvgIpc) is 2.96. The number of alkyl halides is 3. The molecule has 0 aliphatic heterocycles. The van der Waals surface area contributed by atoms with E-state index in [0.29, 0.717) is 12.1 Å². The number of benzene rings is 1. The van der Waals surface area contributed by atoms with E-state index in [1.807, 2.05) is 0 Å². The summed E-state index contributed by atoms with van der Waals surface area (Å²) >= 11 is 0.